The Hall–Kier alpha value is -3.16. The number of carbonyl (C=O) groups is 4. The molecule has 1 fully saturated rings. The normalized spacial score (nSPS) is 16.0. The molecule has 1 aliphatic rings. The molecule has 0 aromatic carbocycles. The van der Waals surface area contributed by atoms with Crippen molar-refractivity contribution in [3.63, 3.8) is 0 Å². The zero-order chi connectivity index (χ0) is 21.9. The molecule has 0 aliphatic heterocycles. The summed E-state index contributed by atoms with van der Waals surface area (Å²) in [5.74, 6) is -2.47. The maximum Gasteiger partial charge on any atom is 0.330 e. The fourth-order valence-electron chi connectivity index (χ4n) is 3.21. The maximum atomic E-state index is 11.5. The molecule has 0 aromatic rings. The molecule has 0 heterocycles. The van der Waals surface area contributed by atoms with Crippen LogP contribution in [0.5, 0.6) is 0 Å². The molecule has 0 spiro atoms. The number of rotatable bonds is 12. The summed E-state index contributed by atoms with van der Waals surface area (Å²) in [6.45, 7) is 13.2. The first-order valence-corrected chi connectivity index (χ1v) is 8.90. The van der Waals surface area contributed by atoms with Gasteiger partial charge in [0.15, 0.2) is 0 Å². The molecule has 1 aliphatic carbocycles. The van der Waals surface area contributed by atoms with Gasteiger partial charge < -0.3 is 18.9 Å². The molecule has 0 unspecified atom stereocenters. The molecule has 0 amide bonds. The van der Waals surface area contributed by atoms with Gasteiger partial charge >= 0.3 is 23.9 Å². The SMILES string of the molecule is C=CC(=O)OCC1(COC(=O)C=C)CCC(COC(=O)C=C)(COC(=O)C=C)C1. The van der Waals surface area contributed by atoms with Crippen LogP contribution in [0.15, 0.2) is 50.6 Å². The van der Waals surface area contributed by atoms with Crippen molar-refractivity contribution < 1.29 is 38.1 Å². The highest BCUT2D eigenvalue weighted by atomic mass is 16.6. The summed E-state index contributed by atoms with van der Waals surface area (Å²) in [7, 11) is 0. The Morgan fingerprint density at radius 2 is 0.828 bits per heavy atom. The Balaban J connectivity index is 3.04. The number of esters is 4. The molecule has 8 heteroatoms. The third-order valence-corrected chi connectivity index (χ3v) is 4.68. The van der Waals surface area contributed by atoms with E-state index in [1.165, 1.54) is 0 Å². The quantitative estimate of drug-likeness (QED) is 0.275. The van der Waals surface area contributed by atoms with Crippen LogP contribution in [0.25, 0.3) is 0 Å². The zero-order valence-corrected chi connectivity index (χ0v) is 16.4. The minimum Gasteiger partial charge on any atom is -0.462 e. The van der Waals surface area contributed by atoms with Gasteiger partial charge in [-0.2, -0.15) is 0 Å². The van der Waals surface area contributed by atoms with E-state index in [9.17, 15) is 19.2 Å². The average Bonchev–Trinajstić information content (AvgIpc) is 3.12. The molecule has 8 nitrogen and oxygen atoms in total. The summed E-state index contributed by atoms with van der Waals surface area (Å²) in [5, 5.41) is 0. The van der Waals surface area contributed by atoms with E-state index >= 15 is 0 Å². The largest absolute Gasteiger partial charge is 0.462 e. The van der Waals surface area contributed by atoms with Crippen molar-refractivity contribution >= 4 is 23.9 Å². The van der Waals surface area contributed by atoms with Gasteiger partial charge in [0.25, 0.3) is 0 Å². The van der Waals surface area contributed by atoms with Crippen LogP contribution < -0.4 is 0 Å². The molecule has 0 radical (unpaired) electrons. The smallest absolute Gasteiger partial charge is 0.330 e. The summed E-state index contributed by atoms with van der Waals surface area (Å²) in [6, 6.07) is 0. The zero-order valence-electron chi connectivity index (χ0n) is 16.4. The summed E-state index contributed by atoms with van der Waals surface area (Å²) in [6.07, 6.45) is 5.38. The van der Waals surface area contributed by atoms with Crippen molar-refractivity contribution in [2.24, 2.45) is 10.8 Å². The predicted molar refractivity (Wildman–Crippen MR) is 103 cm³/mol. The first-order chi connectivity index (χ1) is 13.7. The lowest BCUT2D eigenvalue weighted by Crippen LogP contribution is -2.37. The molecular weight excluding hydrogens is 380 g/mol. The van der Waals surface area contributed by atoms with Crippen molar-refractivity contribution in [2.75, 3.05) is 26.4 Å². The molecule has 158 valence electrons. The second kappa shape index (κ2) is 11.0. The van der Waals surface area contributed by atoms with Gasteiger partial charge in [0.1, 0.15) is 26.4 Å². The molecule has 0 N–H and O–H groups in total. The fourth-order valence-corrected chi connectivity index (χ4v) is 3.21. The van der Waals surface area contributed by atoms with Gasteiger partial charge in [-0.05, 0) is 19.3 Å². The van der Waals surface area contributed by atoms with Gasteiger partial charge in [0.05, 0.1) is 0 Å². The van der Waals surface area contributed by atoms with Crippen LogP contribution in [0.3, 0.4) is 0 Å². The third-order valence-electron chi connectivity index (χ3n) is 4.68. The molecule has 0 aromatic heterocycles. The minimum atomic E-state index is -0.751. The molecule has 1 saturated carbocycles. The first-order valence-electron chi connectivity index (χ1n) is 8.90. The van der Waals surface area contributed by atoms with Gasteiger partial charge in [-0.25, -0.2) is 19.2 Å². The topological polar surface area (TPSA) is 105 Å². The van der Waals surface area contributed by atoms with Gasteiger partial charge in [-0.1, -0.05) is 26.3 Å². The van der Waals surface area contributed by atoms with Crippen LogP contribution >= 0.6 is 0 Å². The lowest BCUT2D eigenvalue weighted by molar-refractivity contribution is -0.150. The first kappa shape index (κ1) is 23.9. The standard InChI is InChI=1S/C21H26O8/c1-5-16(22)26-12-20(13-27-17(23)6-2)9-10-21(11-20,14-28-18(24)7-3)15-29-19(25)8-4/h5-8H,1-4,9-15H2. The Bertz CT molecular complexity index is 585. The lowest BCUT2D eigenvalue weighted by Gasteiger charge is -2.32. The molecule has 0 bridgehead atoms. The van der Waals surface area contributed by atoms with Crippen LogP contribution in [0.2, 0.25) is 0 Å². The Morgan fingerprint density at radius 1 is 0.586 bits per heavy atom. The van der Waals surface area contributed by atoms with Crippen molar-refractivity contribution in [1.29, 1.82) is 0 Å². The van der Waals surface area contributed by atoms with E-state index in [-0.39, 0.29) is 26.4 Å². The van der Waals surface area contributed by atoms with E-state index in [1.54, 1.807) is 0 Å². The summed E-state index contributed by atoms with van der Waals surface area (Å²) in [4.78, 5) is 46.2. The second-order valence-electron chi connectivity index (χ2n) is 6.92. The Labute approximate surface area is 169 Å². The van der Waals surface area contributed by atoms with Gasteiger partial charge in [0.2, 0.25) is 0 Å². The fraction of sp³-hybridized carbons (Fsp3) is 0.429. The summed E-state index contributed by atoms with van der Waals surface area (Å²) in [5.41, 5.74) is -1.50. The molecule has 1 rings (SSSR count). The number of ether oxygens (including phenoxy) is 4. The van der Waals surface area contributed by atoms with E-state index in [4.69, 9.17) is 18.9 Å². The highest BCUT2D eigenvalue weighted by Gasteiger charge is 2.51. The van der Waals surface area contributed by atoms with Crippen LogP contribution in [0, 0.1) is 10.8 Å². The van der Waals surface area contributed by atoms with E-state index in [0.29, 0.717) is 19.3 Å². The van der Waals surface area contributed by atoms with E-state index in [2.05, 4.69) is 26.3 Å². The van der Waals surface area contributed by atoms with Crippen LogP contribution in [-0.4, -0.2) is 50.3 Å². The van der Waals surface area contributed by atoms with Gasteiger partial charge in [-0.3, -0.25) is 0 Å². The third kappa shape index (κ3) is 7.40. The van der Waals surface area contributed by atoms with Gasteiger partial charge in [0, 0.05) is 35.1 Å². The lowest BCUT2D eigenvalue weighted by atomic mass is 9.81. The monoisotopic (exact) mass is 406 g/mol. The van der Waals surface area contributed by atoms with E-state index < -0.39 is 34.7 Å². The van der Waals surface area contributed by atoms with E-state index in [1.807, 2.05) is 0 Å². The highest BCUT2D eigenvalue weighted by molar-refractivity contribution is 5.82. The molecular formula is C21H26O8. The highest BCUT2D eigenvalue weighted by Crippen LogP contribution is 2.50. The maximum absolute atomic E-state index is 11.5. The van der Waals surface area contributed by atoms with Crippen molar-refractivity contribution in [2.45, 2.75) is 19.3 Å². The van der Waals surface area contributed by atoms with Crippen LogP contribution in [0.4, 0.5) is 0 Å². The molecule has 0 atom stereocenters. The number of hydrogen-bond acceptors (Lipinski definition) is 8. The summed E-state index contributed by atoms with van der Waals surface area (Å²) >= 11 is 0. The number of hydrogen-bond donors (Lipinski definition) is 0. The van der Waals surface area contributed by atoms with Crippen LogP contribution in [-0.2, 0) is 38.1 Å². The van der Waals surface area contributed by atoms with Gasteiger partial charge in [-0.15, -0.1) is 0 Å². The summed E-state index contributed by atoms with van der Waals surface area (Å²) < 4.78 is 20.8. The Kier molecular flexibility index (Phi) is 9.05. The van der Waals surface area contributed by atoms with Crippen molar-refractivity contribution in [1.82, 2.24) is 0 Å². The second-order valence-corrected chi connectivity index (χ2v) is 6.92. The van der Waals surface area contributed by atoms with Crippen molar-refractivity contribution in [3.8, 4) is 0 Å². The Morgan fingerprint density at radius 3 is 1.03 bits per heavy atom. The van der Waals surface area contributed by atoms with E-state index in [0.717, 1.165) is 24.3 Å². The molecule has 0 saturated heterocycles. The minimum absolute atomic E-state index is 0.0468. The van der Waals surface area contributed by atoms with Crippen LogP contribution in [0.1, 0.15) is 19.3 Å². The molecule has 29 heavy (non-hydrogen) atoms. The number of carbonyl (C=O) groups excluding carboxylic acids is 4. The van der Waals surface area contributed by atoms with Crippen molar-refractivity contribution in [3.05, 3.63) is 50.6 Å². The predicted octanol–water partition coefficient (Wildman–Crippen LogP) is 2.06. The average molecular weight is 406 g/mol.